The number of nitrogens with one attached hydrogen (secondary N) is 3. The molecule has 3 N–H and O–H groups in total. The molecule has 1 amide bonds. The second-order valence-corrected chi connectivity index (χ2v) is 11.9. The van der Waals surface area contributed by atoms with Gasteiger partial charge >= 0.3 is 0 Å². The van der Waals surface area contributed by atoms with Crippen molar-refractivity contribution >= 4 is 102 Å². The Morgan fingerprint density at radius 1 is 1.00 bits per heavy atom. The van der Waals surface area contributed by atoms with Crippen LogP contribution in [0.4, 0.5) is 17.1 Å². The third-order valence-corrected chi connectivity index (χ3v) is 7.89. The number of sulfonamides is 1. The molecule has 222 valence electrons. The summed E-state index contributed by atoms with van der Waals surface area (Å²) in [5.41, 5.74) is 3.66. The number of anilines is 3. The summed E-state index contributed by atoms with van der Waals surface area (Å²) in [6, 6.07) is 16.8. The van der Waals surface area contributed by atoms with E-state index in [0.717, 1.165) is 47.9 Å². The Kier molecular flexibility index (Phi) is 12.7. The molecule has 4 rings (SSSR count). The number of carbonyl (C=O) groups is 1. The Bertz CT molecular complexity index is 1640. The zero-order valence-corrected chi connectivity index (χ0v) is 27.8. The van der Waals surface area contributed by atoms with Gasteiger partial charge < -0.3 is 20.3 Å². The van der Waals surface area contributed by atoms with Gasteiger partial charge in [0.25, 0.3) is 5.91 Å². The molecule has 0 aliphatic heterocycles. The molecule has 0 fully saturated rings. The highest BCUT2D eigenvalue weighted by Gasteiger charge is 2.18. The monoisotopic (exact) mass is 733 g/mol. The van der Waals surface area contributed by atoms with Gasteiger partial charge in [-0.05, 0) is 53.9 Å². The number of nitrogens with zero attached hydrogens (tertiary/aromatic N) is 2. The molecule has 0 aliphatic rings. The van der Waals surface area contributed by atoms with E-state index in [9.17, 15) is 13.2 Å². The molecule has 9 nitrogen and oxygen atoms in total. The number of benzene rings is 3. The average molecular weight is 734 g/mol. The van der Waals surface area contributed by atoms with Gasteiger partial charge in [0, 0.05) is 33.5 Å². The molecule has 0 aliphatic carbocycles. The topological polar surface area (TPSA) is 113 Å². The highest BCUT2D eigenvalue weighted by atomic mass is 127. The fraction of sp³-hybridized carbons (Fsp3) is 0.286. The van der Waals surface area contributed by atoms with Crippen LogP contribution in [0.1, 0.15) is 24.2 Å². The number of hydrogen-bond donors (Lipinski definition) is 3. The van der Waals surface area contributed by atoms with E-state index in [1.807, 2.05) is 42.5 Å². The van der Waals surface area contributed by atoms with E-state index in [4.69, 9.17) is 9.72 Å². The van der Waals surface area contributed by atoms with Crippen molar-refractivity contribution in [3.05, 3.63) is 63.7 Å². The van der Waals surface area contributed by atoms with E-state index in [1.54, 1.807) is 12.1 Å². The van der Waals surface area contributed by atoms with Gasteiger partial charge in [0.15, 0.2) is 0 Å². The first-order chi connectivity index (χ1) is 18.6. The lowest BCUT2D eigenvalue weighted by molar-refractivity contribution is 0.0950. The van der Waals surface area contributed by atoms with E-state index in [1.165, 1.54) is 7.11 Å². The maximum atomic E-state index is 13.3. The lowest BCUT2D eigenvalue weighted by Gasteiger charge is -2.19. The minimum absolute atomic E-state index is 0. The van der Waals surface area contributed by atoms with Crippen molar-refractivity contribution < 1.29 is 17.9 Å². The molecule has 0 atom stereocenters. The quantitative estimate of drug-likeness (QED) is 0.128. The van der Waals surface area contributed by atoms with Crippen LogP contribution in [0.5, 0.6) is 5.75 Å². The van der Waals surface area contributed by atoms with E-state index in [-0.39, 0.29) is 30.7 Å². The number of ether oxygens (including phenoxy) is 1. The number of para-hydroxylation sites is 2. The van der Waals surface area contributed by atoms with Gasteiger partial charge in [-0.2, -0.15) is 0 Å². The summed E-state index contributed by atoms with van der Waals surface area (Å²) >= 11 is 2.08. The average Bonchev–Trinajstić information content (AvgIpc) is 2.91. The number of hydrogen-bond acceptors (Lipinski definition) is 7. The van der Waals surface area contributed by atoms with Crippen molar-refractivity contribution in [1.29, 1.82) is 0 Å². The number of rotatable bonds is 11. The van der Waals surface area contributed by atoms with Gasteiger partial charge in [0.05, 0.1) is 47.0 Å². The molecule has 0 unspecified atom stereocenters. The third kappa shape index (κ3) is 8.25. The summed E-state index contributed by atoms with van der Waals surface area (Å²) in [6.45, 7) is 7.37. The fourth-order valence-electron chi connectivity index (χ4n) is 4.43. The van der Waals surface area contributed by atoms with Crippen LogP contribution >= 0.6 is 47.4 Å². The summed E-state index contributed by atoms with van der Waals surface area (Å²) in [5, 5.41) is 8.19. The van der Waals surface area contributed by atoms with Gasteiger partial charge in [-0.25, -0.2) is 13.4 Å². The first-order valence-electron chi connectivity index (χ1n) is 12.6. The van der Waals surface area contributed by atoms with Crippen LogP contribution in [0.15, 0.2) is 54.6 Å². The molecule has 1 aromatic heterocycles. The van der Waals surface area contributed by atoms with Crippen molar-refractivity contribution in [3.8, 4) is 5.75 Å². The smallest absolute Gasteiger partial charge is 0.253 e. The first kappa shape index (κ1) is 34.6. The highest BCUT2D eigenvalue weighted by Crippen LogP contribution is 2.39. The molecule has 0 spiro atoms. The van der Waals surface area contributed by atoms with Gasteiger partial charge in [-0.1, -0.05) is 44.2 Å². The summed E-state index contributed by atoms with van der Waals surface area (Å²) < 4.78 is 32.5. The first-order valence-corrected chi connectivity index (χ1v) is 15.6. The van der Waals surface area contributed by atoms with Crippen LogP contribution in [0, 0.1) is 3.57 Å². The largest absolute Gasteiger partial charge is 0.494 e. The van der Waals surface area contributed by atoms with Crippen molar-refractivity contribution in [1.82, 2.24) is 15.2 Å². The lowest BCUT2D eigenvalue weighted by atomic mass is 10.0. The van der Waals surface area contributed by atoms with Gasteiger partial charge in [-0.3, -0.25) is 9.52 Å². The molecule has 0 radical (unpaired) electrons. The van der Waals surface area contributed by atoms with Crippen molar-refractivity contribution in [2.75, 3.05) is 49.6 Å². The van der Waals surface area contributed by atoms with Crippen LogP contribution in [0.3, 0.4) is 0 Å². The Labute approximate surface area is 266 Å². The minimum Gasteiger partial charge on any atom is -0.494 e. The highest BCUT2D eigenvalue weighted by molar-refractivity contribution is 14.1. The molecule has 3 aromatic carbocycles. The van der Waals surface area contributed by atoms with Crippen LogP contribution in [-0.4, -0.2) is 63.8 Å². The van der Waals surface area contributed by atoms with Gasteiger partial charge in [0.1, 0.15) is 5.75 Å². The number of carbonyl (C=O) groups excluding carboxylic acids is 1. The number of halogens is 3. The summed E-state index contributed by atoms with van der Waals surface area (Å²) in [7, 11) is -1.93. The Hall–Kier alpha value is -2.58. The third-order valence-electron chi connectivity index (χ3n) is 6.41. The molecular weight excluding hydrogens is 700 g/mol. The number of methoxy groups -OCH3 is 1. The molecule has 4 aromatic rings. The standard InChI is InChI=1S/C28H32IN5O4S.2ClH/c1-5-34(6-2)15-14-30-28(35)20-12-9-11-19-26(18-10-7-8-13-22(18)31-27(19)20)32-24-16-21(29)23(17-25(24)38-3)33-39(4,36)37;;/h7-13,16-17,33H,5-6,14-15H2,1-4H3,(H,30,35)(H,31,32);2*1H. The summed E-state index contributed by atoms with van der Waals surface area (Å²) in [4.78, 5) is 20.4. The molecule has 1 heterocycles. The molecule has 0 saturated heterocycles. The number of fused-ring (bicyclic) bond motifs is 2. The minimum atomic E-state index is -3.46. The maximum Gasteiger partial charge on any atom is 0.253 e. The predicted molar refractivity (Wildman–Crippen MR) is 181 cm³/mol. The molecule has 0 bridgehead atoms. The second kappa shape index (κ2) is 15.1. The van der Waals surface area contributed by atoms with Gasteiger partial charge in [0.2, 0.25) is 10.0 Å². The molecule has 41 heavy (non-hydrogen) atoms. The van der Waals surface area contributed by atoms with Crippen LogP contribution in [0.2, 0.25) is 0 Å². The van der Waals surface area contributed by atoms with Crippen LogP contribution < -0.4 is 20.1 Å². The lowest BCUT2D eigenvalue weighted by Crippen LogP contribution is -2.34. The number of amides is 1. The Morgan fingerprint density at radius 2 is 1.68 bits per heavy atom. The number of pyridine rings is 1. The predicted octanol–water partition coefficient (Wildman–Crippen LogP) is 6.03. The fourth-order valence-corrected chi connectivity index (χ4v) is 5.78. The second-order valence-electron chi connectivity index (χ2n) is 9.02. The molecule has 13 heteroatoms. The molecular formula is C28H34Cl2IN5O4S. The van der Waals surface area contributed by atoms with Gasteiger partial charge in [-0.15, -0.1) is 24.8 Å². The van der Waals surface area contributed by atoms with E-state index in [2.05, 4.69) is 56.7 Å². The van der Waals surface area contributed by atoms with Crippen molar-refractivity contribution in [3.63, 3.8) is 0 Å². The van der Waals surface area contributed by atoms with Crippen LogP contribution in [0.25, 0.3) is 21.8 Å². The molecule has 0 saturated carbocycles. The summed E-state index contributed by atoms with van der Waals surface area (Å²) in [5.74, 6) is 0.283. The maximum absolute atomic E-state index is 13.3. The van der Waals surface area contributed by atoms with Crippen molar-refractivity contribution in [2.45, 2.75) is 13.8 Å². The number of likely N-dealkylation sites (N-methyl/N-ethyl adjacent to an activating group) is 1. The summed E-state index contributed by atoms with van der Waals surface area (Å²) in [6.07, 6.45) is 1.11. The van der Waals surface area contributed by atoms with Crippen molar-refractivity contribution in [2.24, 2.45) is 0 Å². The Morgan fingerprint density at radius 3 is 2.34 bits per heavy atom. The SMILES string of the molecule is CCN(CC)CCNC(=O)c1cccc2c(Nc3cc(I)c(NS(C)(=O)=O)cc3OC)c3ccccc3nc12.Cl.Cl. The zero-order chi connectivity index (χ0) is 28.2. The normalized spacial score (nSPS) is 11.1. The van der Waals surface area contributed by atoms with E-state index in [0.29, 0.717) is 38.3 Å². The van der Waals surface area contributed by atoms with E-state index >= 15 is 0 Å². The zero-order valence-electron chi connectivity index (χ0n) is 23.2. The van der Waals surface area contributed by atoms with E-state index < -0.39 is 10.0 Å². The Balaban J connectivity index is 0.00000294. The number of aromatic nitrogens is 1. The van der Waals surface area contributed by atoms with Crippen LogP contribution in [-0.2, 0) is 10.0 Å².